The number of amides is 1. The summed E-state index contributed by atoms with van der Waals surface area (Å²) < 4.78 is 14.2. The average molecular weight is 354 g/mol. The number of hydrogen-bond donors (Lipinski definition) is 0. The van der Waals surface area contributed by atoms with E-state index in [0.29, 0.717) is 25.2 Å². The fourth-order valence-electron chi connectivity index (χ4n) is 4.30. The molecule has 2 aliphatic rings. The molecule has 0 saturated carbocycles. The van der Waals surface area contributed by atoms with E-state index in [4.69, 9.17) is 0 Å². The Morgan fingerprint density at radius 2 is 2.08 bits per heavy atom. The normalized spacial score (nSPS) is 23.5. The molecule has 2 fully saturated rings. The van der Waals surface area contributed by atoms with Gasteiger partial charge in [-0.3, -0.25) is 14.8 Å². The highest BCUT2D eigenvalue weighted by molar-refractivity contribution is 5.77. The zero-order valence-electron chi connectivity index (χ0n) is 14.8. The Kier molecular flexibility index (Phi) is 4.57. The van der Waals surface area contributed by atoms with Gasteiger partial charge >= 0.3 is 0 Å². The number of nitrogens with zero attached hydrogens (tertiary/aromatic N) is 4. The highest BCUT2D eigenvalue weighted by Crippen LogP contribution is 2.40. The maximum atomic E-state index is 14.2. The van der Waals surface area contributed by atoms with Crippen molar-refractivity contribution in [2.75, 3.05) is 24.5 Å². The molecule has 26 heavy (non-hydrogen) atoms. The van der Waals surface area contributed by atoms with Crippen molar-refractivity contribution < 1.29 is 9.18 Å². The SMILES string of the molecule is O=C1CC[C@@]2(CCCN(c3ccncc3F)C2)CN1Cc1ccccn1. The Hall–Kier alpha value is -2.50. The summed E-state index contributed by atoms with van der Waals surface area (Å²) in [7, 11) is 0. The summed E-state index contributed by atoms with van der Waals surface area (Å²) in [4.78, 5) is 24.7. The molecule has 0 N–H and O–H groups in total. The van der Waals surface area contributed by atoms with Crippen LogP contribution in [-0.4, -0.2) is 40.4 Å². The number of aromatic nitrogens is 2. The van der Waals surface area contributed by atoms with Gasteiger partial charge in [-0.05, 0) is 37.5 Å². The first-order chi connectivity index (χ1) is 12.7. The van der Waals surface area contributed by atoms with Gasteiger partial charge in [0.05, 0.1) is 24.1 Å². The van der Waals surface area contributed by atoms with Crippen molar-refractivity contribution in [3.63, 3.8) is 0 Å². The van der Waals surface area contributed by atoms with Gasteiger partial charge in [-0.2, -0.15) is 0 Å². The highest BCUT2D eigenvalue weighted by Gasteiger charge is 2.42. The van der Waals surface area contributed by atoms with E-state index in [9.17, 15) is 9.18 Å². The summed E-state index contributed by atoms with van der Waals surface area (Å²) in [5.41, 5.74) is 1.55. The Bertz CT molecular complexity index is 784. The standard InChI is InChI=1S/C20H23FN4O/c21-17-12-22-10-6-18(17)24-11-3-7-20(14-24)8-5-19(26)25(15-20)13-16-4-1-2-9-23-16/h1-2,4,6,9-10,12H,3,5,7-8,11,13-15H2/t20-/m1/s1. The smallest absolute Gasteiger partial charge is 0.222 e. The van der Waals surface area contributed by atoms with Crippen molar-refractivity contribution in [2.45, 2.75) is 32.2 Å². The van der Waals surface area contributed by atoms with Crippen LogP contribution in [0.3, 0.4) is 0 Å². The third-order valence-corrected chi connectivity index (χ3v) is 5.58. The van der Waals surface area contributed by atoms with E-state index < -0.39 is 0 Å². The van der Waals surface area contributed by atoms with Gasteiger partial charge in [0.25, 0.3) is 0 Å². The molecule has 2 aliphatic heterocycles. The second-order valence-electron chi connectivity index (χ2n) is 7.42. The number of halogens is 1. The third-order valence-electron chi connectivity index (χ3n) is 5.58. The molecule has 1 atom stereocenters. The van der Waals surface area contributed by atoms with Crippen molar-refractivity contribution in [3.05, 3.63) is 54.4 Å². The summed E-state index contributed by atoms with van der Waals surface area (Å²) >= 11 is 0. The number of hydrogen-bond acceptors (Lipinski definition) is 4. The molecule has 0 bridgehead atoms. The summed E-state index contributed by atoms with van der Waals surface area (Å²) in [6, 6.07) is 7.52. The van der Waals surface area contributed by atoms with Crippen LogP contribution in [0.15, 0.2) is 42.9 Å². The molecule has 2 aromatic heterocycles. The lowest BCUT2D eigenvalue weighted by Gasteiger charge is -2.48. The van der Waals surface area contributed by atoms with Gasteiger partial charge in [0.1, 0.15) is 0 Å². The van der Waals surface area contributed by atoms with Gasteiger partial charge < -0.3 is 9.80 Å². The molecule has 2 saturated heterocycles. The lowest BCUT2D eigenvalue weighted by atomic mass is 9.73. The number of likely N-dealkylation sites (tertiary alicyclic amines) is 1. The second-order valence-corrected chi connectivity index (χ2v) is 7.42. The molecule has 1 amide bonds. The summed E-state index contributed by atoms with van der Waals surface area (Å²) in [6.45, 7) is 2.88. The van der Waals surface area contributed by atoms with E-state index in [-0.39, 0.29) is 17.1 Å². The van der Waals surface area contributed by atoms with Crippen LogP contribution in [-0.2, 0) is 11.3 Å². The van der Waals surface area contributed by atoms with Crippen LogP contribution in [0.25, 0.3) is 0 Å². The van der Waals surface area contributed by atoms with E-state index in [1.165, 1.54) is 6.20 Å². The van der Waals surface area contributed by atoms with Crippen LogP contribution >= 0.6 is 0 Å². The van der Waals surface area contributed by atoms with Crippen LogP contribution in [0.4, 0.5) is 10.1 Å². The van der Waals surface area contributed by atoms with Crippen molar-refractivity contribution in [3.8, 4) is 0 Å². The van der Waals surface area contributed by atoms with Crippen molar-refractivity contribution in [1.29, 1.82) is 0 Å². The Morgan fingerprint density at radius 3 is 2.88 bits per heavy atom. The Balaban J connectivity index is 1.52. The fraction of sp³-hybridized carbons (Fsp3) is 0.450. The lowest BCUT2D eigenvalue weighted by molar-refractivity contribution is -0.138. The van der Waals surface area contributed by atoms with Gasteiger partial charge in [0, 0.05) is 43.9 Å². The van der Waals surface area contributed by atoms with Gasteiger partial charge in [-0.25, -0.2) is 4.39 Å². The number of rotatable bonds is 3. The largest absolute Gasteiger partial charge is 0.368 e. The topological polar surface area (TPSA) is 49.3 Å². The van der Waals surface area contributed by atoms with Gasteiger partial charge in [0.15, 0.2) is 5.82 Å². The molecular formula is C20H23FN4O. The minimum absolute atomic E-state index is 0.0245. The zero-order valence-corrected chi connectivity index (χ0v) is 14.8. The molecule has 0 aromatic carbocycles. The molecule has 0 unspecified atom stereocenters. The molecule has 4 rings (SSSR count). The number of carbonyl (C=O) groups is 1. The van der Waals surface area contributed by atoms with E-state index in [1.807, 2.05) is 23.1 Å². The zero-order chi connectivity index (χ0) is 18.0. The minimum Gasteiger partial charge on any atom is -0.368 e. The van der Waals surface area contributed by atoms with E-state index in [0.717, 1.165) is 38.0 Å². The quantitative estimate of drug-likeness (QED) is 0.850. The summed E-state index contributed by atoms with van der Waals surface area (Å²) in [5, 5.41) is 0. The molecule has 4 heterocycles. The van der Waals surface area contributed by atoms with E-state index in [2.05, 4.69) is 14.9 Å². The van der Waals surface area contributed by atoms with Gasteiger partial charge in [0.2, 0.25) is 5.91 Å². The number of pyridine rings is 2. The van der Waals surface area contributed by atoms with E-state index >= 15 is 0 Å². The lowest BCUT2D eigenvalue weighted by Crippen LogP contribution is -2.54. The number of piperidine rings is 2. The van der Waals surface area contributed by atoms with Crippen molar-refractivity contribution >= 4 is 11.6 Å². The molecule has 136 valence electrons. The highest BCUT2D eigenvalue weighted by atomic mass is 19.1. The first-order valence-corrected chi connectivity index (χ1v) is 9.17. The maximum Gasteiger partial charge on any atom is 0.222 e. The fourth-order valence-corrected chi connectivity index (χ4v) is 4.30. The molecule has 0 aliphatic carbocycles. The van der Waals surface area contributed by atoms with Crippen molar-refractivity contribution in [2.24, 2.45) is 5.41 Å². The van der Waals surface area contributed by atoms with Crippen LogP contribution < -0.4 is 4.90 Å². The number of carbonyl (C=O) groups excluding carboxylic acids is 1. The monoisotopic (exact) mass is 354 g/mol. The first-order valence-electron chi connectivity index (χ1n) is 9.17. The Labute approximate surface area is 152 Å². The molecule has 1 spiro atoms. The van der Waals surface area contributed by atoms with Crippen LogP contribution in [0.1, 0.15) is 31.4 Å². The predicted octanol–water partition coefficient (Wildman–Crippen LogP) is 3.02. The number of anilines is 1. The molecule has 5 nitrogen and oxygen atoms in total. The predicted molar refractivity (Wildman–Crippen MR) is 97.0 cm³/mol. The Morgan fingerprint density at radius 1 is 1.15 bits per heavy atom. The minimum atomic E-state index is -0.276. The summed E-state index contributed by atoms with van der Waals surface area (Å²) in [5.74, 6) is -0.0877. The van der Waals surface area contributed by atoms with Gasteiger partial charge in [-0.15, -0.1) is 0 Å². The summed E-state index contributed by atoms with van der Waals surface area (Å²) in [6.07, 6.45) is 8.17. The molecule has 2 aromatic rings. The van der Waals surface area contributed by atoms with Crippen molar-refractivity contribution in [1.82, 2.24) is 14.9 Å². The third kappa shape index (κ3) is 3.41. The van der Waals surface area contributed by atoms with E-state index in [1.54, 1.807) is 18.5 Å². The van der Waals surface area contributed by atoms with Gasteiger partial charge in [-0.1, -0.05) is 6.07 Å². The molecule has 6 heteroatoms. The van der Waals surface area contributed by atoms with Crippen LogP contribution in [0.2, 0.25) is 0 Å². The second kappa shape index (κ2) is 7.02. The molecular weight excluding hydrogens is 331 g/mol. The molecule has 0 radical (unpaired) electrons. The average Bonchev–Trinajstić information content (AvgIpc) is 2.66. The maximum absolute atomic E-state index is 14.2. The van der Waals surface area contributed by atoms with Crippen LogP contribution in [0.5, 0.6) is 0 Å². The van der Waals surface area contributed by atoms with Crippen LogP contribution in [0, 0.1) is 11.2 Å². The first kappa shape index (κ1) is 16.9.